The third-order valence-corrected chi connectivity index (χ3v) is 3.12. The van der Waals surface area contributed by atoms with E-state index in [1.54, 1.807) is 0 Å². The van der Waals surface area contributed by atoms with E-state index in [0.29, 0.717) is 5.56 Å². The number of rotatable bonds is 6. The van der Waals surface area contributed by atoms with Crippen LogP contribution in [0.2, 0.25) is 0 Å². The van der Waals surface area contributed by atoms with Crippen LogP contribution in [0.15, 0.2) is 29.0 Å². The lowest BCUT2D eigenvalue weighted by molar-refractivity contribution is -0.135. The van der Waals surface area contributed by atoms with E-state index in [1.807, 2.05) is 0 Å². The highest BCUT2D eigenvalue weighted by Gasteiger charge is 2.26. The first-order valence-electron chi connectivity index (χ1n) is 6.63. The van der Waals surface area contributed by atoms with Crippen LogP contribution in [0.4, 0.5) is 17.6 Å². The average molecular weight is 318 g/mol. The summed E-state index contributed by atoms with van der Waals surface area (Å²) in [6.45, 7) is 0. The lowest BCUT2D eigenvalue weighted by Crippen LogP contribution is -2.08. The van der Waals surface area contributed by atoms with Crippen molar-refractivity contribution in [2.24, 2.45) is 0 Å². The van der Waals surface area contributed by atoms with E-state index >= 15 is 0 Å². The fourth-order valence-corrected chi connectivity index (χ4v) is 2.06. The van der Waals surface area contributed by atoms with Gasteiger partial charge in [0.25, 0.3) is 0 Å². The zero-order chi connectivity index (χ0) is 16.2. The Hall–Kier alpha value is -1.96. The maximum atomic E-state index is 13.8. The van der Waals surface area contributed by atoms with Crippen LogP contribution in [0.3, 0.4) is 0 Å². The molecule has 1 unspecified atom stereocenters. The van der Waals surface area contributed by atoms with E-state index in [0.717, 1.165) is 12.5 Å². The Balaban J connectivity index is 2.03. The first-order chi connectivity index (χ1) is 10.3. The molecule has 0 aliphatic rings. The number of halogens is 4. The molecule has 0 aliphatic heterocycles. The molecular formula is C14H14F4N2O2. The molecule has 0 radical (unpaired) electrons. The molecule has 1 N–H and O–H groups in total. The Morgan fingerprint density at radius 1 is 1.27 bits per heavy atom. The predicted octanol–water partition coefficient (Wildman–Crippen LogP) is 3.37. The monoisotopic (exact) mass is 318 g/mol. The van der Waals surface area contributed by atoms with Gasteiger partial charge in [0.2, 0.25) is 12.3 Å². The second-order valence-corrected chi connectivity index (χ2v) is 4.88. The lowest BCUT2D eigenvalue weighted by atomic mass is 10.00. The number of alkyl halides is 3. The third-order valence-electron chi connectivity index (χ3n) is 3.12. The molecule has 0 bridgehead atoms. The number of hydrogen-bond donors (Lipinski definition) is 1. The molecular weight excluding hydrogens is 304 g/mol. The molecule has 8 heteroatoms. The van der Waals surface area contributed by atoms with E-state index in [2.05, 4.69) is 10.2 Å². The van der Waals surface area contributed by atoms with Gasteiger partial charge in [-0.2, -0.15) is 13.2 Å². The van der Waals surface area contributed by atoms with Gasteiger partial charge in [-0.15, -0.1) is 10.2 Å². The molecule has 2 aromatic rings. The number of benzene rings is 1. The van der Waals surface area contributed by atoms with Gasteiger partial charge in [-0.05, 0) is 24.5 Å². The van der Waals surface area contributed by atoms with Crippen LogP contribution in [0, 0.1) is 5.82 Å². The van der Waals surface area contributed by atoms with E-state index < -0.39 is 24.5 Å². The number of nitrogens with zero attached hydrogens (tertiary/aromatic N) is 2. The normalized spacial score (nSPS) is 13.3. The molecule has 0 saturated carbocycles. The fraction of sp³-hybridized carbons (Fsp3) is 0.429. The van der Waals surface area contributed by atoms with Gasteiger partial charge in [0.15, 0.2) is 0 Å². The van der Waals surface area contributed by atoms with Crippen molar-refractivity contribution in [1.82, 2.24) is 10.2 Å². The van der Waals surface area contributed by atoms with Gasteiger partial charge in [-0.1, -0.05) is 12.1 Å². The Morgan fingerprint density at radius 3 is 2.68 bits per heavy atom. The molecule has 4 nitrogen and oxygen atoms in total. The highest BCUT2D eigenvalue weighted by atomic mass is 19.4. The highest BCUT2D eigenvalue weighted by Crippen LogP contribution is 2.25. The van der Waals surface area contributed by atoms with Crippen LogP contribution < -0.4 is 0 Å². The summed E-state index contributed by atoms with van der Waals surface area (Å²) >= 11 is 0. The van der Waals surface area contributed by atoms with Crippen molar-refractivity contribution in [3.63, 3.8) is 0 Å². The summed E-state index contributed by atoms with van der Waals surface area (Å²) in [5.74, 6) is -0.485. The third kappa shape index (κ3) is 4.80. The van der Waals surface area contributed by atoms with Crippen molar-refractivity contribution in [3.8, 4) is 0 Å². The van der Waals surface area contributed by atoms with Gasteiger partial charge in [-0.25, -0.2) is 4.39 Å². The van der Waals surface area contributed by atoms with E-state index in [1.165, 1.54) is 12.1 Å². The van der Waals surface area contributed by atoms with Crippen LogP contribution in [-0.4, -0.2) is 21.5 Å². The van der Waals surface area contributed by atoms with E-state index in [4.69, 9.17) is 4.42 Å². The van der Waals surface area contributed by atoms with Crippen molar-refractivity contribution in [2.75, 3.05) is 0 Å². The molecule has 1 aromatic heterocycles. The van der Waals surface area contributed by atoms with Gasteiger partial charge in [0.1, 0.15) is 5.82 Å². The molecule has 0 amide bonds. The Labute approximate surface area is 123 Å². The molecule has 0 saturated heterocycles. The predicted molar refractivity (Wildman–Crippen MR) is 68.4 cm³/mol. The summed E-state index contributed by atoms with van der Waals surface area (Å²) in [5.41, 5.74) is 0.535. The van der Waals surface area contributed by atoms with Crippen LogP contribution >= 0.6 is 0 Å². The number of aliphatic hydroxyl groups excluding tert-OH is 1. The summed E-state index contributed by atoms with van der Waals surface area (Å²) in [7, 11) is 0. The standard InChI is InChI=1S/C14H14F4N2O2/c15-11-4-3-9(2-1-5-14(16,17)18)6-10(11)12(21)7-13-20-19-8-22-13/h3-4,6,8,12,21H,1-2,5,7H2. The number of hydrogen-bond acceptors (Lipinski definition) is 4. The molecule has 0 fully saturated rings. The second kappa shape index (κ2) is 6.87. The number of aliphatic hydroxyl groups is 1. The number of aryl methyl sites for hydroxylation is 1. The summed E-state index contributed by atoms with van der Waals surface area (Å²) in [6, 6.07) is 3.91. The molecule has 22 heavy (non-hydrogen) atoms. The van der Waals surface area contributed by atoms with Crippen molar-refractivity contribution < 1.29 is 27.1 Å². The maximum Gasteiger partial charge on any atom is 0.389 e. The van der Waals surface area contributed by atoms with Crippen molar-refractivity contribution in [3.05, 3.63) is 47.4 Å². The molecule has 0 spiro atoms. The zero-order valence-electron chi connectivity index (χ0n) is 11.5. The maximum absolute atomic E-state index is 13.8. The quantitative estimate of drug-likeness (QED) is 0.830. The summed E-state index contributed by atoms with van der Waals surface area (Å²) in [5, 5.41) is 17.0. The van der Waals surface area contributed by atoms with E-state index in [9.17, 15) is 22.7 Å². The van der Waals surface area contributed by atoms with Crippen LogP contribution in [0.1, 0.15) is 36.0 Å². The summed E-state index contributed by atoms with van der Waals surface area (Å²) in [4.78, 5) is 0. The molecule has 1 atom stereocenters. The first-order valence-corrected chi connectivity index (χ1v) is 6.63. The van der Waals surface area contributed by atoms with E-state index in [-0.39, 0.29) is 30.7 Å². The highest BCUT2D eigenvalue weighted by molar-refractivity contribution is 5.27. The van der Waals surface area contributed by atoms with Crippen LogP contribution in [-0.2, 0) is 12.8 Å². The van der Waals surface area contributed by atoms with Gasteiger partial charge in [-0.3, -0.25) is 0 Å². The molecule has 120 valence electrons. The van der Waals surface area contributed by atoms with Crippen molar-refractivity contribution in [1.29, 1.82) is 0 Å². The minimum atomic E-state index is -4.21. The topological polar surface area (TPSA) is 59.2 Å². The average Bonchev–Trinajstić information content (AvgIpc) is 2.92. The zero-order valence-corrected chi connectivity index (χ0v) is 11.5. The molecule has 1 aromatic carbocycles. The summed E-state index contributed by atoms with van der Waals surface area (Å²) in [6.07, 6.45) is -5.23. The van der Waals surface area contributed by atoms with Gasteiger partial charge >= 0.3 is 6.18 Å². The summed E-state index contributed by atoms with van der Waals surface area (Å²) < 4.78 is 55.0. The Kier molecular flexibility index (Phi) is 5.12. The minimum absolute atomic E-state index is 0.00251. The lowest BCUT2D eigenvalue weighted by Gasteiger charge is -2.12. The second-order valence-electron chi connectivity index (χ2n) is 4.88. The smallest absolute Gasteiger partial charge is 0.389 e. The Bertz CT molecular complexity index is 599. The van der Waals surface area contributed by atoms with Gasteiger partial charge in [0.05, 0.1) is 12.5 Å². The largest absolute Gasteiger partial charge is 0.428 e. The van der Waals surface area contributed by atoms with Crippen LogP contribution in [0.5, 0.6) is 0 Å². The van der Waals surface area contributed by atoms with Crippen molar-refractivity contribution >= 4 is 0 Å². The van der Waals surface area contributed by atoms with Crippen molar-refractivity contribution in [2.45, 2.75) is 38.0 Å². The first kappa shape index (κ1) is 16.4. The SMILES string of the molecule is OC(Cc1nnco1)c1cc(CCCC(F)(F)F)ccc1F. The molecule has 2 rings (SSSR count). The minimum Gasteiger partial charge on any atom is -0.428 e. The van der Waals surface area contributed by atoms with Crippen LogP contribution in [0.25, 0.3) is 0 Å². The van der Waals surface area contributed by atoms with Gasteiger partial charge < -0.3 is 9.52 Å². The Morgan fingerprint density at radius 2 is 2.05 bits per heavy atom. The fourth-order valence-electron chi connectivity index (χ4n) is 2.06. The van der Waals surface area contributed by atoms with Gasteiger partial charge in [0, 0.05) is 12.0 Å². The molecule has 0 aliphatic carbocycles. The number of aromatic nitrogens is 2. The molecule has 1 heterocycles.